The van der Waals surface area contributed by atoms with Crippen molar-refractivity contribution in [3.63, 3.8) is 0 Å². The fourth-order valence-corrected chi connectivity index (χ4v) is 4.18. The Labute approximate surface area is 171 Å². The maximum atomic E-state index is 14.1. The molecule has 0 saturated heterocycles. The number of hydrogen-bond donors (Lipinski definition) is 0. The summed E-state index contributed by atoms with van der Waals surface area (Å²) >= 11 is 0. The third-order valence-electron chi connectivity index (χ3n) is 5.82. The predicted molar refractivity (Wildman–Crippen MR) is 106 cm³/mol. The summed E-state index contributed by atoms with van der Waals surface area (Å²) in [5.41, 5.74) is 0. The zero-order valence-electron chi connectivity index (χ0n) is 17.2. The molecular formula is C23H30F2O4. The molecule has 1 aliphatic heterocycles. The normalized spacial score (nSPS) is 24.4. The zero-order chi connectivity index (χ0) is 20.8. The highest BCUT2D eigenvalue weighted by atomic mass is 19.2. The summed E-state index contributed by atoms with van der Waals surface area (Å²) in [6, 6.07) is 2.51. The molecule has 1 unspecified atom stereocenters. The van der Waals surface area contributed by atoms with E-state index >= 15 is 0 Å². The van der Waals surface area contributed by atoms with Crippen LogP contribution in [0.15, 0.2) is 24.0 Å². The highest BCUT2D eigenvalue weighted by Gasteiger charge is 2.32. The lowest BCUT2D eigenvalue weighted by molar-refractivity contribution is -0.140. The fourth-order valence-electron chi connectivity index (χ4n) is 4.18. The summed E-state index contributed by atoms with van der Waals surface area (Å²) in [5, 5.41) is 0. The first-order valence-corrected chi connectivity index (χ1v) is 10.7. The topological polar surface area (TPSA) is 44.8 Å². The Kier molecular flexibility index (Phi) is 7.51. The molecule has 2 aliphatic rings. The highest BCUT2D eigenvalue weighted by molar-refractivity contribution is 5.75. The van der Waals surface area contributed by atoms with E-state index in [0.29, 0.717) is 24.7 Å². The first kappa shape index (κ1) is 21.6. The lowest BCUT2D eigenvalue weighted by Crippen LogP contribution is -2.28. The van der Waals surface area contributed by atoms with Crippen LogP contribution >= 0.6 is 0 Å². The Bertz CT molecular complexity index is 739. The lowest BCUT2D eigenvalue weighted by atomic mass is 9.80. The van der Waals surface area contributed by atoms with Crippen molar-refractivity contribution >= 4 is 5.97 Å². The van der Waals surface area contributed by atoms with Crippen LogP contribution in [0.3, 0.4) is 0 Å². The van der Waals surface area contributed by atoms with Crippen LogP contribution in [-0.2, 0) is 9.53 Å². The monoisotopic (exact) mass is 408 g/mol. The molecule has 6 heteroatoms. The average molecular weight is 408 g/mol. The van der Waals surface area contributed by atoms with E-state index in [9.17, 15) is 13.6 Å². The van der Waals surface area contributed by atoms with Gasteiger partial charge in [-0.1, -0.05) is 13.3 Å². The molecule has 1 saturated carbocycles. The molecular weight excluding hydrogens is 378 g/mol. The molecule has 0 radical (unpaired) electrons. The average Bonchev–Trinajstić information content (AvgIpc) is 2.74. The highest BCUT2D eigenvalue weighted by Crippen LogP contribution is 2.37. The van der Waals surface area contributed by atoms with Gasteiger partial charge in [0.2, 0.25) is 11.6 Å². The third kappa shape index (κ3) is 5.28. The number of esters is 1. The lowest BCUT2D eigenvalue weighted by Gasteiger charge is -2.32. The molecule has 160 valence electrons. The van der Waals surface area contributed by atoms with Gasteiger partial charge < -0.3 is 14.2 Å². The smallest absolute Gasteiger partial charge is 0.314 e. The second-order valence-corrected chi connectivity index (χ2v) is 7.90. The van der Waals surface area contributed by atoms with Crippen molar-refractivity contribution in [1.29, 1.82) is 0 Å². The molecule has 4 nitrogen and oxygen atoms in total. The number of allylic oxidation sites excluding steroid dienone is 2. The molecule has 0 aromatic heterocycles. The van der Waals surface area contributed by atoms with Crippen molar-refractivity contribution < 1.29 is 27.8 Å². The summed E-state index contributed by atoms with van der Waals surface area (Å²) < 4.78 is 44.3. The van der Waals surface area contributed by atoms with Crippen LogP contribution < -0.4 is 9.47 Å². The van der Waals surface area contributed by atoms with Crippen LogP contribution in [0.2, 0.25) is 0 Å². The van der Waals surface area contributed by atoms with Crippen molar-refractivity contribution in [2.45, 2.75) is 58.8 Å². The fraction of sp³-hybridized carbons (Fsp3) is 0.609. The Morgan fingerprint density at radius 2 is 1.79 bits per heavy atom. The maximum Gasteiger partial charge on any atom is 0.314 e. The van der Waals surface area contributed by atoms with Crippen LogP contribution in [-0.4, -0.2) is 19.2 Å². The van der Waals surface area contributed by atoms with Crippen molar-refractivity contribution in [1.82, 2.24) is 0 Å². The number of carbonyl (C=O) groups excluding carboxylic acids is 1. The first-order valence-electron chi connectivity index (χ1n) is 10.7. The number of benzene rings is 1. The van der Waals surface area contributed by atoms with Gasteiger partial charge in [-0.15, -0.1) is 0 Å². The van der Waals surface area contributed by atoms with Gasteiger partial charge in [0, 0.05) is 5.92 Å². The van der Waals surface area contributed by atoms with Crippen LogP contribution in [0, 0.1) is 29.4 Å². The molecule has 29 heavy (non-hydrogen) atoms. The van der Waals surface area contributed by atoms with E-state index in [1.165, 1.54) is 25.0 Å². The van der Waals surface area contributed by atoms with Gasteiger partial charge in [0.15, 0.2) is 11.5 Å². The Morgan fingerprint density at radius 3 is 2.41 bits per heavy atom. The van der Waals surface area contributed by atoms with E-state index in [1.54, 1.807) is 6.92 Å². The zero-order valence-corrected chi connectivity index (χ0v) is 17.2. The number of rotatable bonds is 7. The van der Waals surface area contributed by atoms with E-state index in [0.717, 1.165) is 31.6 Å². The summed E-state index contributed by atoms with van der Waals surface area (Å²) in [4.78, 5) is 12.5. The van der Waals surface area contributed by atoms with Crippen LogP contribution in [0.4, 0.5) is 8.78 Å². The molecule has 3 rings (SSSR count). The minimum absolute atomic E-state index is 0.188. The third-order valence-corrected chi connectivity index (χ3v) is 5.82. The molecule has 0 amide bonds. The van der Waals surface area contributed by atoms with E-state index in [4.69, 9.17) is 14.2 Å². The van der Waals surface area contributed by atoms with Gasteiger partial charge in [-0.25, -0.2) is 0 Å². The summed E-state index contributed by atoms with van der Waals surface area (Å²) in [7, 11) is 0. The van der Waals surface area contributed by atoms with E-state index in [1.807, 2.05) is 0 Å². The molecule has 1 fully saturated rings. The largest absolute Gasteiger partial charge is 0.498 e. The van der Waals surface area contributed by atoms with Crippen molar-refractivity contribution in [3.8, 4) is 11.5 Å². The maximum absolute atomic E-state index is 14.1. The number of ether oxygens (including phenoxy) is 3. The van der Waals surface area contributed by atoms with Gasteiger partial charge in [0.25, 0.3) is 0 Å². The van der Waals surface area contributed by atoms with E-state index in [2.05, 4.69) is 13.0 Å². The second-order valence-electron chi connectivity index (χ2n) is 7.90. The summed E-state index contributed by atoms with van der Waals surface area (Å²) in [5.74, 6) is -1.72. The van der Waals surface area contributed by atoms with Gasteiger partial charge in [-0.05, 0) is 69.6 Å². The van der Waals surface area contributed by atoms with Crippen LogP contribution in [0.25, 0.3) is 0 Å². The quantitative estimate of drug-likeness (QED) is 0.423. The minimum atomic E-state index is -1.19. The number of carbonyl (C=O) groups is 1. The molecule has 0 N–H and O–H groups in total. The molecule has 0 spiro atoms. The molecule has 1 aromatic carbocycles. The van der Waals surface area contributed by atoms with Gasteiger partial charge in [0.1, 0.15) is 0 Å². The first-order chi connectivity index (χ1) is 14.0. The molecule has 0 bridgehead atoms. The number of halogens is 2. The second kappa shape index (κ2) is 10.1. The van der Waals surface area contributed by atoms with Crippen LogP contribution in [0.1, 0.15) is 58.8 Å². The van der Waals surface area contributed by atoms with Crippen molar-refractivity contribution in [2.24, 2.45) is 17.8 Å². The molecule has 1 aliphatic carbocycles. The standard InChI is InChI=1S/C23H30F2O4/c1-3-5-15-6-11-18(28-14-15)16-7-9-17(10-8-16)23(26)29-20-13-12-19(27-4-2)21(24)22(20)25/h11-13,15-17H,3-10,14H2,1-2H3. The predicted octanol–water partition coefficient (Wildman–Crippen LogP) is 5.80. The number of hydrogen-bond acceptors (Lipinski definition) is 4. The molecule has 1 atom stereocenters. The Balaban J connectivity index is 1.52. The molecule has 1 aromatic rings. The summed E-state index contributed by atoms with van der Waals surface area (Å²) in [6.07, 6.45) is 8.62. The summed E-state index contributed by atoms with van der Waals surface area (Å²) in [6.45, 7) is 4.87. The van der Waals surface area contributed by atoms with Gasteiger partial charge >= 0.3 is 5.97 Å². The van der Waals surface area contributed by atoms with Crippen LogP contribution in [0.5, 0.6) is 11.5 Å². The Hall–Kier alpha value is -2.11. The van der Waals surface area contributed by atoms with Gasteiger partial charge in [-0.3, -0.25) is 4.79 Å². The van der Waals surface area contributed by atoms with Gasteiger partial charge in [0.05, 0.1) is 24.9 Å². The van der Waals surface area contributed by atoms with E-state index < -0.39 is 23.4 Å². The minimum Gasteiger partial charge on any atom is -0.498 e. The van der Waals surface area contributed by atoms with Gasteiger partial charge in [-0.2, -0.15) is 8.78 Å². The molecule has 1 heterocycles. The van der Waals surface area contributed by atoms with Crippen molar-refractivity contribution in [3.05, 3.63) is 35.6 Å². The Morgan fingerprint density at radius 1 is 1.10 bits per heavy atom. The van der Waals surface area contributed by atoms with Crippen molar-refractivity contribution in [2.75, 3.05) is 13.2 Å². The SMILES string of the molecule is CCCC1CC=C(C2CCC(C(=O)Oc3ccc(OCC)c(F)c3F)CC2)OC1. The van der Waals surface area contributed by atoms with E-state index in [-0.39, 0.29) is 18.3 Å².